The Morgan fingerprint density at radius 1 is 1.04 bits per heavy atom. The molecule has 1 fully saturated rings. The van der Waals surface area contributed by atoms with Gasteiger partial charge in [-0.2, -0.15) is 0 Å². The molecule has 1 aliphatic rings. The van der Waals surface area contributed by atoms with E-state index in [9.17, 15) is 8.78 Å². The van der Waals surface area contributed by atoms with E-state index in [0.29, 0.717) is 0 Å². The van der Waals surface area contributed by atoms with Crippen LogP contribution in [0.5, 0.6) is 0 Å². The molecule has 2 aromatic rings. The molecule has 0 bridgehead atoms. The third kappa shape index (κ3) is 5.34. The van der Waals surface area contributed by atoms with E-state index in [2.05, 4.69) is 4.90 Å². The van der Waals surface area contributed by atoms with Crippen molar-refractivity contribution in [1.29, 1.82) is 0 Å². The number of ether oxygens (including phenoxy) is 1. The highest BCUT2D eigenvalue weighted by Gasteiger charge is 2.26. The fourth-order valence-electron chi connectivity index (χ4n) is 3.89. The minimum Gasteiger partial charge on any atom is -0.379 e. The van der Waals surface area contributed by atoms with Gasteiger partial charge < -0.3 is 15.4 Å². The van der Waals surface area contributed by atoms with Crippen LogP contribution in [0.15, 0.2) is 48.5 Å². The molecule has 0 aliphatic carbocycles. The smallest absolute Gasteiger partial charge is 0.123 e. The molecule has 5 heteroatoms. The van der Waals surface area contributed by atoms with Crippen molar-refractivity contribution in [3.63, 3.8) is 0 Å². The minimum absolute atomic E-state index is 0.0868. The van der Waals surface area contributed by atoms with Crippen LogP contribution in [-0.4, -0.2) is 43.8 Å². The van der Waals surface area contributed by atoms with Gasteiger partial charge in [-0.1, -0.05) is 24.3 Å². The molecule has 1 heterocycles. The van der Waals surface area contributed by atoms with Gasteiger partial charge in [0.1, 0.15) is 11.6 Å². The Balaban J connectivity index is 1.65. The third-order valence-corrected chi connectivity index (χ3v) is 5.51. The number of benzene rings is 2. The minimum atomic E-state index is -0.244. The van der Waals surface area contributed by atoms with Crippen molar-refractivity contribution in [2.24, 2.45) is 5.73 Å². The maximum absolute atomic E-state index is 13.3. The van der Waals surface area contributed by atoms with Crippen LogP contribution < -0.4 is 5.73 Å². The van der Waals surface area contributed by atoms with E-state index in [4.69, 9.17) is 10.5 Å². The number of hydrogen-bond acceptors (Lipinski definition) is 3. The van der Waals surface area contributed by atoms with Crippen molar-refractivity contribution in [3.05, 3.63) is 71.3 Å². The first-order chi connectivity index (χ1) is 13.1. The van der Waals surface area contributed by atoms with Crippen LogP contribution in [-0.2, 0) is 4.74 Å². The summed E-state index contributed by atoms with van der Waals surface area (Å²) in [6, 6.07) is 13.4. The van der Waals surface area contributed by atoms with Crippen LogP contribution in [0.4, 0.5) is 8.78 Å². The van der Waals surface area contributed by atoms with Crippen LogP contribution in [0.3, 0.4) is 0 Å². The molecule has 3 nitrogen and oxygen atoms in total. The summed E-state index contributed by atoms with van der Waals surface area (Å²) in [4.78, 5) is 2.39. The zero-order chi connectivity index (χ0) is 19.2. The van der Waals surface area contributed by atoms with Gasteiger partial charge in [0, 0.05) is 25.6 Å². The Morgan fingerprint density at radius 2 is 1.59 bits per heavy atom. The summed E-state index contributed by atoms with van der Waals surface area (Å²) in [5.74, 6) is -0.366. The Labute approximate surface area is 160 Å². The summed E-state index contributed by atoms with van der Waals surface area (Å²) in [5.41, 5.74) is 8.20. The van der Waals surface area contributed by atoms with Crippen LogP contribution in [0, 0.1) is 11.6 Å². The molecule has 0 amide bonds. The molecular formula is C22H28F2N2O. The number of likely N-dealkylation sites (tertiary alicyclic amines) is 1. The largest absolute Gasteiger partial charge is 0.379 e. The standard InChI is InChI=1S/C22H28F2N2O/c1-27-22-15-26(14-12-21(22)25)13-2-3-20(16-4-8-18(23)9-5-16)17-6-10-19(24)11-7-17/h4-11,20-22H,2-3,12-15,25H2,1H3/t21-,22-/m0/s1. The van der Waals surface area contributed by atoms with Gasteiger partial charge in [0.25, 0.3) is 0 Å². The zero-order valence-electron chi connectivity index (χ0n) is 15.8. The van der Waals surface area contributed by atoms with Crippen LogP contribution in [0.2, 0.25) is 0 Å². The Hall–Kier alpha value is -1.82. The highest BCUT2D eigenvalue weighted by Crippen LogP contribution is 2.30. The first-order valence-electron chi connectivity index (χ1n) is 9.58. The van der Waals surface area contributed by atoms with Gasteiger partial charge in [-0.3, -0.25) is 0 Å². The highest BCUT2D eigenvalue weighted by molar-refractivity contribution is 5.32. The van der Waals surface area contributed by atoms with Crippen molar-refractivity contribution in [2.75, 3.05) is 26.7 Å². The lowest BCUT2D eigenvalue weighted by atomic mass is 9.87. The van der Waals surface area contributed by atoms with Crippen LogP contribution in [0.1, 0.15) is 36.3 Å². The second-order valence-corrected chi connectivity index (χ2v) is 7.33. The fraction of sp³-hybridized carbons (Fsp3) is 0.455. The molecule has 0 aromatic heterocycles. The molecule has 0 unspecified atom stereocenters. The van der Waals surface area contributed by atoms with Crippen molar-refractivity contribution in [2.45, 2.75) is 37.3 Å². The lowest BCUT2D eigenvalue weighted by molar-refractivity contribution is 0.0163. The molecule has 1 saturated heterocycles. The molecule has 2 atom stereocenters. The molecule has 0 spiro atoms. The highest BCUT2D eigenvalue weighted by atomic mass is 19.1. The summed E-state index contributed by atoms with van der Waals surface area (Å²) < 4.78 is 32.1. The number of halogens is 2. The quantitative estimate of drug-likeness (QED) is 0.798. The van der Waals surface area contributed by atoms with Gasteiger partial charge in [0.05, 0.1) is 6.10 Å². The number of piperidine rings is 1. The Bertz CT molecular complexity index is 660. The van der Waals surface area contributed by atoms with Crippen LogP contribution in [0.25, 0.3) is 0 Å². The summed E-state index contributed by atoms with van der Waals surface area (Å²) in [7, 11) is 1.72. The number of methoxy groups -OCH3 is 1. The van der Waals surface area contributed by atoms with E-state index in [-0.39, 0.29) is 29.7 Å². The van der Waals surface area contributed by atoms with E-state index in [0.717, 1.165) is 50.0 Å². The second kappa shape index (κ2) is 9.40. The van der Waals surface area contributed by atoms with Gasteiger partial charge in [-0.05, 0) is 67.7 Å². The van der Waals surface area contributed by atoms with Crippen LogP contribution >= 0.6 is 0 Å². The molecule has 146 valence electrons. The molecular weight excluding hydrogens is 346 g/mol. The Kier molecular flexibility index (Phi) is 6.94. The molecule has 3 rings (SSSR count). The molecule has 0 saturated carbocycles. The van der Waals surface area contributed by atoms with Crippen molar-refractivity contribution in [1.82, 2.24) is 4.90 Å². The average Bonchev–Trinajstić information content (AvgIpc) is 2.68. The molecule has 2 N–H and O–H groups in total. The van der Waals surface area contributed by atoms with Gasteiger partial charge in [0.2, 0.25) is 0 Å². The molecule has 1 aliphatic heterocycles. The van der Waals surface area contributed by atoms with Gasteiger partial charge in [-0.15, -0.1) is 0 Å². The lowest BCUT2D eigenvalue weighted by Gasteiger charge is -2.36. The fourth-order valence-corrected chi connectivity index (χ4v) is 3.89. The topological polar surface area (TPSA) is 38.5 Å². The summed E-state index contributed by atoms with van der Waals surface area (Å²) in [6.45, 7) is 2.81. The lowest BCUT2D eigenvalue weighted by Crippen LogP contribution is -2.51. The monoisotopic (exact) mass is 374 g/mol. The average molecular weight is 374 g/mol. The summed E-state index contributed by atoms with van der Waals surface area (Å²) >= 11 is 0. The number of rotatable bonds is 7. The summed E-state index contributed by atoms with van der Waals surface area (Å²) in [5, 5.41) is 0. The van der Waals surface area contributed by atoms with Gasteiger partial charge in [0.15, 0.2) is 0 Å². The number of hydrogen-bond donors (Lipinski definition) is 1. The van der Waals surface area contributed by atoms with Gasteiger partial charge in [-0.25, -0.2) is 8.78 Å². The number of nitrogens with zero attached hydrogens (tertiary/aromatic N) is 1. The first kappa shape index (κ1) is 19.9. The first-order valence-corrected chi connectivity index (χ1v) is 9.58. The van der Waals surface area contributed by atoms with Gasteiger partial charge >= 0.3 is 0 Å². The molecule has 27 heavy (non-hydrogen) atoms. The third-order valence-electron chi connectivity index (χ3n) is 5.51. The predicted octanol–water partition coefficient (Wildman–Crippen LogP) is 3.92. The molecule has 0 radical (unpaired) electrons. The molecule has 2 aromatic carbocycles. The van der Waals surface area contributed by atoms with E-state index in [1.54, 1.807) is 7.11 Å². The zero-order valence-corrected chi connectivity index (χ0v) is 15.8. The maximum atomic E-state index is 13.3. The SMILES string of the molecule is CO[C@H]1CN(CCCC(c2ccc(F)cc2)c2ccc(F)cc2)CC[C@@H]1N. The van der Waals surface area contributed by atoms with E-state index in [1.165, 1.54) is 24.3 Å². The normalized spacial score (nSPS) is 20.9. The van der Waals surface area contributed by atoms with E-state index < -0.39 is 0 Å². The van der Waals surface area contributed by atoms with Crippen molar-refractivity contribution >= 4 is 0 Å². The second-order valence-electron chi connectivity index (χ2n) is 7.33. The van der Waals surface area contributed by atoms with E-state index in [1.807, 2.05) is 24.3 Å². The Morgan fingerprint density at radius 3 is 2.11 bits per heavy atom. The van der Waals surface area contributed by atoms with Crippen molar-refractivity contribution in [3.8, 4) is 0 Å². The summed E-state index contributed by atoms with van der Waals surface area (Å²) in [6.07, 6.45) is 2.93. The predicted molar refractivity (Wildman–Crippen MR) is 104 cm³/mol. The van der Waals surface area contributed by atoms with Crippen molar-refractivity contribution < 1.29 is 13.5 Å². The maximum Gasteiger partial charge on any atom is 0.123 e. The number of nitrogens with two attached hydrogens (primary N) is 1. The van der Waals surface area contributed by atoms with E-state index >= 15 is 0 Å².